The van der Waals surface area contributed by atoms with Crippen LogP contribution in [0.3, 0.4) is 0 Å². The van der Waals surface area contributed by atoms with E-state index in [1.54, 1.807) is 0 Å². The maximum Gasteiger partial charge on any atom is 0.280 e. The topological polar surface area (TPSA) is 119 Å². The molecule has 0 aromatic carbocycles. The van der Waals surface area contributed by atoms with Gasteiger partial charge in [-0.15, -0.1) is 10.2 Å². The fourth-order valence-corrected chi connectivity index (χ4v) is 0.688. The molecule has 0 aliphatic rings. The second kappa shape index (κ2) is 2.46. The van der Waals surface area contributed by atoms with Gasteiger partial charge in [-0.25, -0.2) is 4.98 Å². The van der Waals surface area contributed by atoms with E-state index < -0.39 is 0 Å². The number of aromatic amines is 2. The van der Waals surface area contributed by atoms with Gasteiger partial charge in [0.15, 0.2) is 5.52 Å². The zero-order valence-electron chi connectivity index (χ0n) is 5.33. The lowest BCUT2D eigenvalue weighted by Gasteiger charge is -1.79. The van der Waals surface area contributed by atoms with Gasteiger partial charge in [0.25, 0.3) is 5.56 Å². The van der Waals surface area contributed by atoms with E-state index in [0.29, 0.717) is 5.65 Å². The molecule has 2 heterocycles. The SMILES string of the molecule is O.O=c1[nH]cnc2n[nH]nc12. The molecule has 11 heavy (non-hydrogen) atoms. The van der Waals surface area contributed by atoms with Crippen LogP contribution >= 0.6 is 0 Å². The number of rotatable bonds is 0. The van der Waals surface area contributed by atoms with Crippen molar-refractivity contribution in [3.05, 3.63) is 16.7 Å². The van der Waals surface area contributed by atoms with E-state index in [1.165, 1.54) is 6.33 Å². The summed E-state index contributed by atoms with van der Waals surface area (Å²) >= 11 is 0. The number of nitrogens with zero attached hydrogens (tertiary/aromatic N) is 3. The molecule has 7 heteroatoms. The van der Waals surface area contributed by atoms with E-state index in [4.69, 9.17) is 0 Å². The Morgan fingerprint density at radius 3 is 2.91 bits per heavy atom. The summed E-state index contributed by atoms with van der Waals surface area (Å²) in [5.41, 5.74) is 0.296. The van der Waals surface area contributed by atoms with E-state index in [2.05, 4.69) is 25.4 Å². The van der Waals surface area contributed by atoms with Crippen molar-refractivity contribution in [3.63, 3.8) is 0 Å². The highest BCUT2D eigenvalue weighted by Crippen LogP contribution is 1.91. The summed E-state index contributed by atoms with van der Waals surface area (Å²) in [5, 5.41) is 9.48. The van der Waals surface area contributed by atoms with Gasteiger partial charge in [-0.1, -0.05) is 0 Å². The van der Waals surface area contributed by atoms with E-state index in [0.717, 1.165) is 0 Å². The maximum atomic E-state index is 10.8. The van der Waals surface area contributed by atoms with Crippen LogP contribution in [0.2, 0.25) is 0 Å². The molecule has 2 aromatic heterocycles. The van der Waals surface area contributed by atoms with Crippen LogP contribution in [0.25, 0.3) is 11.2 Å². The van der Waals surface area contributed by atoms with Gasteiger partial charge in [0.05, 0.1) is 6.33 Å². The summed E-state index contributed by atoms with van der Waals surface area (Å²) < 4.78 is 0. The molecule has 0 radical (unpaired) electrons. The first kappa shape index (κ1) is 7.35. The zero-order valence-corrected chi connectivity index (χ0v) is 5.33. The molecule has 4 N–H and O–H groups in total. The van der Waals surface area contributed by atoms with E-state index >= 15 is 0 Å². The lowest BCUT2D eigenvalue weighted by molar-refractivity contribution is 0.824. The predicted molar refractivity (Wildman–Crippen MR) is 35.9 cm³/mol. The minimum Gasteiger partial charge on any atom is -0.412 e. The third kappa shape index (κ3) is 0.964. The highest BCUT2D eigenvalue weighted by molar-refractivity contribution is 5.66. The Balaban J connectivity index is 0.000000605. The average Bonchev–Trinajstić information content (AvgIpc) is 2.36. The average molecular weight is 155 g/mol. The molecule has 0 amide bonds. The Morgan fingerprint density at radius 1 is 1.36 bits per heavy atom. The maximum absolute atomic E-state index is 10.8. The molecule has 0 unspecified atom stereocenters. The van der Waals surface area contributed by atoms with Crippen LogP contribution < -0.4 is 5.56 Å². The van der Waals surface area contributed by atoms with Gasteiger partial charge in [-0.2, -0.15) is 5.21 Å². The van der Waals surface area contributed by atoms with Gasteiger partial charge in [0.2, 0.25) is 5.65 Å². The van der Waals surface area contributed by atoms with Crippen molar-refractivity contribution in [2.45, 2.75) is 0 Å². The molecular weight excluding hydrogens is 150 g/mol. The normalized spacial score (nSPS) is 9.45. The first-order valence-corrected chi connectivity index (χ1v) is 2.62. The first-order chi connectivity index (χ1) is 4.88. The molecule has 0 aliphatic heterocycles. The third-order valence-corrected chi connectivity index (χ3v) is 1.13. The Hall–Kier alpha value is -1.76. The molecule has 0 fully saturated rings. The molecule has 2 aromatic rings. The first-order valence-electron chi connectivity index (χ1n) is 2.62. The van der Waals surface area contributed by atoms with Gasteiger partial charge in [0.1, 0.15) is 0 Å². The Bertz CT molecular complexity index is 404. The fourth-order valence-electron chi connectivity index (χ4n) is 0.688. The second-order valence-corrected chi connectivity index (χ2v) is 1.73. The smallest absolute Gasteiger partial charge is 0.280 e. The van der Waals surface area contributed by atoms with Crippen molar-refractivity contribution in [1.82, 2.24) is 25.4 Å². The predicted octanol–water partition coefficient (Wildman–Crippen LogP) is -1.78. The van der Waals surface area contributed by atoms with Gasteiger partial charge in [-0.05, 0) is 0 Å². The molecule has 0 bridgehead atoms. The minimum atomic E-state index is -0.279. The lowest BCUT2D eigenvalue weighted by Crippen LogP contribution is -2.05. The van der Waals surface area contributed by atoms with Crippen molar-refractivity contribution in [2.75, 3.05) is 0 Å². The number of aromatic nitrogens is 5. The summed E-state index contributed by atoms with van der Waals surface area (Å²) in [5.74, 6) is 0. The highest BCUT2D eigenvalue weighted by Gasteiger charge is 2.00. The molecule has 58 valence electrons. The quantitative estimate of drug-likeness (QED) is 0.467. The molecule has 7 nitrogen and oxygen atoms in total. The lowest BCUT2D eigenvalue weighted by atomic mass is 10.6. The number of fused-ring (bicyclic) bond motifs is 1. The molecule has 0 saturated carbocycles. The Labute approximate surface area is 59.8 Å². The van der Waals surface area contributed by atoms with Crippen LogP contribution in [0.15, 0.2) is 11.1 Å². The summed E-state index contributed by atoms with van der Waals surface area (Å²) in [6, 6.07) is 0. The van der Waals surface area contributed by atoms with Crippen LogP contribution in [0.4, 0.5) is 0 Å². The van der Waals surface area contributed by atoms with E-state index in [-0.39, 0.29) is 16.6 Å². The van der Waals surface area contributed by atoms with Crippen LogP contribution in [0.1, 0.15) is 0 Å². The van der Waals surface area contributed by atoms with Gasteiger partial charge in [-0.3, -0.25) is 4.79 Å². The summed E-state index contributed by atoms with van der Waals surface area (Å²) in [6.45, 7) is 0. The zero-order chi connectivity index (χ0) is 6.97. The standard InChI is InChI=1S/C4H3N5O.H2O/c10-4-2-3(5-1-6-4)8-9-7-2;/h1H,(H2,5,6,7,8,9,10);1H2. The van der Waals surface area contributed by atoms with Gasteiger partial charge >= 0.3 is 0 Å². The molecule has 2 rings (SSSR count). The summed E-state index contributed by atoms with van der Waals surface area (Å²) in [4.78, 5) is 16.9. The highest BCUT2D eigenvalue weighted by atomic mass is 16.1. The molecule has 0 spiro atoms. The van der Waals surface area contributed by atoms with Crippen molar-refractivity contribution >= 4 is 11.2 Å². The summed E-state index contributed by atoms with van der Waals surface area (Å²) in [7, 11) is 0. The van der Waals surface area contributed by atoms with Crippen LogP contribution in [-0.4, -0.2) is 30.9 Å². The molecule has 0 atom stereocenters. The molecular formula is C4H5N5O2. The van der Waals surface area contributed by atoms with Crippen LogP contribution in [0.5, 0.6) is 0 Å². The van der Waals surface area contributed by atoms with E-state index in [1.807, 2.05) is 0 Å². The Kier molecular flexibility index (Phi) is 1.65. The number of hydrogen-bond donors (Lipinski definition) is 2. The fraction of sp³-hybridized carbons (Fsp3) is 0. The summed E-state index contributed by atoms with van der Waals surface area (Å²) in [6.07, 6.45) is 1.28. The number of nitrogens with one attached hydrogen (secondary N) is 2. The van der Waals surface area contributed by atoms with Crippen LogP contribution in [0, 0.1) is 0 Å². The van der Waals surface area contributed by atoms with Crippen molar-refractivity contribution in [1.29, 1.82) is 0 Å². The largest absolute Gasteiger partial charge is 0.412 e. The monoisotopic (exact) mass is 155 g/mol. The minimum absolute atomic E-state index is 0. The van der Waals surface area contributed by atoms with Crippen molar-refractivity contribution in [3.8, 4) is 0 Å². The van der Waals surface area contributed by atoms with E-state index in [9.17, 15) is 4.79 Å². The van der Waals surface area contributed by atoms with Gasteiger partial charge < -0.3 is 10.5 Å². The Morgan fingerprint density at radius 2 is 2.18 bits per heavy atom. The second-order valence-electron chi connectivity index (χ2n) is 1.73. The van der Waals surface area contributed by atoms with Crippen molar-refractivity contribution in [2.24, 2.45) is 0 Å². The van der Waals surface area contributed by atoms with Crippen LogP contribution in [-0.2, 0) is 0 Å². The molecule has 0 saturated heterocycles. The number of hydrogen-bond acceptors (Lipinski definition) is 4. The molecule has 0 aliphatic carbocycles. The third-order valence-electron chi connectivity index (χ3n) is 1.13. The number of H-pyrrole nitrogens is 2. The van der Waals surface area contributed by atoms with Gasteiger partial charge in [0, 0.05) is 0 Å². The van der Waals surface area contributed by atoms with Crippen molar-refractivity contribution < 1.29 is 5.48 Å².